The minimum absolute atomic E-state index is 0.0852. The zero-order valence-corrected chi connectivity index (χ0v) is 12.2. The molecule has 1 aromatic rings. The Balaban J connectivity index is 2.91. The van der Waals surface area contributed by atoms with Gasteiger partial charge in [0, 0.05) is 31.8 Å². The van der Waals surface area contributed by atoms with Crippen LogP contribution in [-0.2, 0) is 10.2 Å². The van der Waals surface area contributed by atoms with Gasteiger partial charge in [0.1, 0.15) is 11.6 Å². The molecule has 1 aromatic heterocycles. The highest BCUT2D eigenvalue weighted by Gasteiger charge is 2.18. The summed E-state index contributed by atoms with van der Waals surface area (Å²) in [5.41, 5.74) is -0.0852. The van der Waals surface area contributed by atoms with Crippen LogP contribution in [0.15, 0.2) is 12.3 Å². The summed E-state index contributed by atoms with van der Waals surface area (Å²) in [6.45, 7) is 8.24. The number of anilines is 1. The van der Waals surface area contributed by atoms with E-state index in [0.29, 0.717) is 19.6 Å². The van der Waals surface area contributed by atoms with Crippen molar-refractivity contribution in [3.63, 3.8) is 0 Å². The third-order valence-electron chi connectivity index (χ3n) is 2.69. The van der Waals surface area contributed by atoms with Crippen molar-refractivity contribution in [3.05, 3.63) is 18.1 Å². The third kappa shape index (κ3) is 4.84. The Hall–Kier alpha value is -1.67. The van der Waals surface area contributed by atoms with Crippen LogP contribution < -0.4 is 4.90 Å². The molecule has 0 N–H and O–H groups in total. The highest BCUT2D eigenvalue weighted by Crippen LogP contribution is 2.20. The fourth-order valence-corrected chi connectivity index (χ4v) is 1.61. The molecule has 0 amide bonds. The number of ether oxygens (including phenoxy) is 1. The standard InChI is InChI=1S/C14H22N4O/c1-14(2,3)13-16-8-6-12(17-13)18(9-5-7-15)10-11-19-4/h6,8H,5,9-11H2,1-4H3. The Morgan fingerprint density at radius 1 is 1.37 bits per heavy atom. The van der Waals surface area contributed by atoms with Gasteiger partial charge in [0.25, 0.3) is 0 Å². The molecular formula is C14H22N4O. The van der Waals surface area contributed by atoms with Gasteiger partial charge in [-0.05, 0) is 6.07 Å². The lowest BCUT2D eigenvalue weighted by atomic mass is 9.96. The summed E-state index contributed by atoms with van der Waals surface area (Å²) < 4.78 is 5.10. The van der Waals surface area contributed by atoms with E-state index in [1.807, 2.05) is 6.07 Å². The Kier molecular flexibility index (Phi) is 5.71. The smallest absolute Gasteiger partial charge is 0.135 e. The van der Waals surface area contributed by atoms with Crippen LogP contribution in [0, 0.1) is 11.3 Å². The Morgan fingerprint density at radius 2 is 2.11 bits per heavy atom. The molecule has 5 heteroatoms. The molecule has 0 fully saturated rings. The SMILES string of the molecule is COCCN(CCC#N)c1ccnc(C(C)(C)C)n1. The van der Waals surface area contributed by atoms with Gasteiger partial charge < -0.3 is 9.64 Å². The molecule has 0 aliphatic rings. The molecule has 0 aromatic carbocycles. The van der Waals surface area contributed by atoms with Crippen molar-refractivity contribution in [1.29, 1.82) is 5.26 Å². The van der Waals surface area contributed by atoms with Crippen molar-refractivity contribution in [3.8, 4) is 6.07 Å². The van der Waals surface area contributed by atoms with Crippen LogP contribution in [0.4, 0.5) is 5.82 Å². The summed E-state index contributed by atoms with van der Waals surface area (Å²) in [6.07, 6.45) is 2.24. The average molecular weight is 262 g/mol. The van der Waals surface area contributed by atoms with Crippen molar-refractivity contribution >= 4 is 5.82 Å². The van der Waals surface area contributed by atoms with E-state index in [0.717, 1.165) is 18.2 Å². The van der Waals surface area contributed by atoms with Crippen LogP contribution in [0.3, 0.4) is 0 Å². The van der Waals surface area contributed by atoms with Crippen LogP contribution >= 0.6 is 0 Å². The van der Waals surface area contributed by atoms with Gasteiger partial charge in [0.05, 0.1) is 19.1 Å². The monoisotopic (exact) mass is 262 g/mol. The molecule has 0 unspecified atom stereocenters. The van der Waals surface area contributed by atoms with E-state index in [1.54, 1.807) is 13.3 Å². The number of rotatable bonds is 6. The maximum atomic E-state index is 8.73. The maximum absolute atomic E-state index is 8.73. The summed E-state index contributed by atoms with van der Waals surface area (Å²) in [7, 11) is 1.67. The van der Waals surface area contributed by atoms with Crippen molar-refractivity contribution < 1.29 is 4.74 Å². The summed E-state index contributed by atoms with van der Waals surface area (Å²) >= 11 is 0. The lowest BCUT2D eigenvalue weighted by Crippen LogP contribution is -2.30. The van der Waals surface area contributed by atoms with E-state index in [4.69, 9.17) is 10.00 Å². The van der Waals surface area contributed by atoms with Gasteiger partial charge in [-0.2, -0.15) is 5.26 Å². The molecule has 0 saturated heterocycles. The predicted octanol–water partition coefficient (Wildman–Crippen LogP) is 2.14. The normalized spacial score (nSPS) is 11.1. The maximum Gasteiger partial charge on any atom is 0.135 e. The fraction of sp³-hybridized carbons (Fsp3) is 0.643. The van der Waals surface area contributed by atoms with Crippen LogP contribution in [-0.4, -0.2) is 36.8 Å². The van der Waals surface area contributed by atoms with Crippen LogP contribution in [0.5, 0.6) is 0 Å². The summed E-state index contributed by atoms with van der Waals surface area (Å²) in [4.78, 5) is 11.0. The first-order valence-corrected chi connectivity index (χ1v) is 6.43. The van der Waals surface area contributed by atoms with Crippen molar-refractivity contribution in [2.75, 3.05) is 31.7 Å². The molecular weight excluding hydrogens is 240 g/mol. The topological polar surface area (TPSA) is 62.0 Å². The predicted molar refractivity (Wildman–Crippen MR) is 75.1 cm³/mol. The van der Waals surface area contributed by atoms with Crippen LogP contribution in [0.2, 0.25) is 0 Å². The zero-order valence-electron chi connectivity index (χ0n) is 12.2. The molecule has 0 saturated carbocycles. The van der Waals surface area contributed by atoms with E-state index >= 15 is 0 Å². The van der Waals surface area contributed by atoms with E-state index in [-0.39, 0.29) is 5.41 Å². The number of nitrogens with zero attached hydrogens (tertiary/aromatic N) is 4. The van der Waals surface area contributed by atoms with E-state index in [9.17, 15) is 0 Å². The number of methoxy groups -OCH3 is 1. The molecule has 0 spiro atoms. The van der Waals surface area contributed by atoms with Crippen LogP contribution in [0.1, 0.15) is 33.0 Å². The van der Waals surface area contributed by atoms with Gasteiger partial charge in [0.2, 0.25) is 0 Å². The highest BCUT2D eigenvalue weighted by atomic mass is 16.5. The molecule has 1 rings (SSSR count). The minimum atomic E-state index is -0.0852. The lowest BCUT2D eigenvalue weighted by molar-refractivity contribution is 0.205. The summed E-state index contributed by atoms with van der Waals surface area (Å²) in [6, 6.07) is 4.04. The molecule has 0 atom stereocenters. The van der Waals surface area contributed by atoms with Crippen molar-refractivity contribution in [2.45, 2.75) is 32.6 Å². The quantitative estimate of drug-likeness (QED) is 0.786. The minimum Gasteiger partial charge on any atom is -0.383 e. The molecule has 0 bridgehead atoms. The third-order valence-corrected chi connectivity index (χ3v) is 2.69. The molecule has 1 heterocycles. The fourth-order valence-electron chi connectivity index (χ4n) is 1.61. The molecule has 19 heavy (non-hydrogen) atoms. The van der Waals surface area contributed by atoms with Crippen molar-refractivity contribution in [1.82, 2.24) is 9.97 Å². The van der Waals surface area contributed by atoms with E-state index in [2.05, 4.69) is 41.7 Å². The van der Waals surface area contributed by atoms with Crippen LogP contribution in [0.25, 0.3) is 0 Å². The Bertz CT molecular complexity index is 434. The Labute approximate surface area is 115 Å². The number of nitriles is 1. The van der Waals surface area contributed by atoms with Gasteiger partial charge in [-0.25, -0.2) is 9.97 Å². The summed E-state index contributed by atoms with van der Waals surface area (Å²) in [5, 5.41) is 8.73. The molecule has 104 valence electrons. The van der Waals surface area contributed by atoms with E-state index < -0.39 is 0 Å². The Morgan fingerprint density at radius 3 is 2.68 bits per heavy atom. The zero-order chi connectivity index (χ0) is 14.3. The summed E-state index contributed by atoms with van der Waals surface area (Å²) in [5.74, 6) is 1.66. The van der Waals surface area contributed by atoms with Gasteiger partial charge in [-0.3, -0.25) is 0 Å². The first-order chi connectivity index (χ1) is 8.99. The largest absolute Gasteiger partial charge is 0.383 e. The van der Waals surface area contributed by atoms with Gasteiger partial charge in [-0.1, -0.05) is 20.8 Å². The first kappa shape index (κ1) is 15.4. The van der Waals surface area contributed by atoms with Crippen molar-refractivity contribution in [2.24, 2.45) is 0 Å². The molecule has 0 aliphatic carbocycles. The van der Waals surface area contributed by atoms with Gasteiger partial charge in [0.15, 0.2) is 0 Å². The molecule has 0 radical (unpaired) electrons. The molecule has 0 aliphatic heterocycles. The number of hydrogen-bond donors (Lipinski definition) is 0. The average Bonchev–Trinajstić information content (AvgIpc) is 2.38. The number of hydrogen-bond acceptors (Lipinski definition) is 5. The number of aromatic nitrogens is 2. The first-order valence-electron chi connectivity index (χ1n) is 6.43. The molecule has 5 nitrogen and oxygen atoms in total. The van der Waals surface area contributed by atoms with Gasteiger partial charge in [-0.15, -0.1) is 0 Å². The second-order valence-corrected chi connectivity index (χ2v) is 5.38. The highest BCUT2D eigenvalue weighted by molar-refractivity contribution is 5.38. The van der Waals surface area contributed by atoms with E-state index in [1.165, 1.54) is 0 Å². The second-order valence-electron chi connectivity index (χ2n) is 5.38. The lowest BCUT2D eigenvalue weighted by Gasteiger charge is -2.24. The van der Waals surface area contributed by atoms with Gasteiger partial charge >= 0.3 is 0 Å². The second kappa shape index (κ2) is 7.05.